The Kier molecular flexibility index (Phi) is 1.73. The molecule has 0 atom stereocenters. The molecule has 0 N–H and O–H groups in total. The minimum Gasteiger partial charge on any atom is -0.192 e. The predicted octanol–water partition coefficient (Wildman–Crippen LogP) is 2.36. The SMILES string of the molecule is C=S1CC(C(C)(C)C)C1. The fourth-order valence-corrected chi connectivity index (χ4v) is 3.06. The second-order valence-electron chi connectivity index (χ2n) is 4.01. The Bertz CT molecular complexity index is 122. The molecule has 0 bridgehead atoms. The zero-order valence-electron chi connectivity index (χ0n) is 6.61. The van der Waals surface area contributed by atoms with Crippen LogP contribution in [0.5, 0.6) is 0 Å². The Morgan fingerprint density at radius 1 is 1.33 bits per heavy atom. The third-order valence-electron chi connectivity index (χ3n) is 2.10. The number of rotatable bonds is 0. The fraction of sp³-hybridized carbons (Fsp3) is 0.875. The van der Waals surface area contributed by atoms with Gasteiger partial charge in [-0.15, -0.1) is 0 Å². The van der Waals surface area contributed by atoms with Crippen LogP contribution in [0.2, 0.25) is 0 Å². The summed E-state index contributed by atoms with van der Waals surface area (Å²) in [6, 6.07) is 0. The third-order valence-corrected chi connectivity index (χ3v) is 3.85. The van der Waals surface area contributed by atoms with E-state index in [1.54, 1.807) is 0 Å². The number of hydrogen-bond acceptors (Lipinski definition) is 0. The standard InChI is InChI=1S/C8H16S/c1-8(2,3)7-5-9(4)6-7/h7H,4-6H2,1-3H3. The van der Waals surface area contributed by atoms with Crippen LogP contribution < -0.4 is 0 Å². The van der Waals surface area contributed by atoms with E-state index in [2.05, 4.69) is 26.6 Å². The van der Waals surface area contributed by atoms with Crippen molar-refractivity contribution in [2.75, 3.05) is 11.5 Å². The van der Waals surface area contributed by atoms with E-state index < -0.39 is 0 Å². The molecule has 1 heterocycles. The molecule has 1 saturated heterocycles. The second kappa shape index (κ2) is 2.12. The van der Waals surface area contributed by atoms with Gasteiger partial charge in [-0.05, 0) is 22.8 Å². The molecule has 1 aliphatic rings. The summed E-state index contributed by atoms with van der Waals surface area (Å²) in [5.41, 5.74) is 0.543. The monoisotopic (exact) mass is 144 g/mol. The molecule has 0 aliphatic carbocycles. The van der Waals surface area contributed by atoms with Gasteiger partial charge in [0.25, 0.3) is 0 Å². The minimum absolute atomic E-state index is 0.531. The third kappa shape index (κ3) is 1.57. The second-order valence-corrected chi connectivity index (χ2v) is 5.90. The molecule has 0 spiro atoms. The highest BCUT2D eigenvalue weighted by molar-refractivity contribution is 8.15. The fourth-order valence-electron chi connectivity index (χ4n) is 1.02. The molecule has 1 heteroatoms. The quantitative estimate of drug-likeness (QED) is 0.458. The van der Waals surface area contributed by atoms with Crippen molar-refractivity contribution in [2.45, 2.75) is 20.8 Å². The van der Waals surface area contributed by atoms with Crippen LogP contribution in [-0.4, -0.2) is 17.4 Å². The van der Waals surface area contributed by atoms with Crippen LogP contribution >= 0.6 is 10.5 Å². The van der Waals surface area contributed by atoms with Crippen molar-refractivity contribution in [3.63, 3.8) is 0 Å². The number of hydrogen-bond donors (Lipinski definition) is 0. The Labute approximate surface area is 60.6 Å². The zero-order valence-corrected chi connectivity index (χ0v) is 7.42. The molecule has 1 fully saturated rings. The average Bonchev–Trinajstić information content (AvgIpc) is 1.55. The van der Waals surface area contributed by atoms with Gasteiger partial charge >= 0.3 is 0 Å². The van der Waals surface area contributed by atoms with Crippen molar-refractivity contribution >= 4 is 16.4 Å². The van der Waals surface area contributed by atoms with Gasteiger partial charge < -0.3 is 0 Å². The Morgan fingerprint density at radius 2 is 1.78 bits per heavy atom. The van der Waals surface area contributed by atoms with Gasteiger partial charge in [0.2, 0.25) is 0 Å². The van der Waals surface area contributed by atoms with Crippen LogP contribution in [0.4, 0.5) is 0 Å². The maximum absolute atomic E-state index is 4.04. The molecular formula is C8H16S. The summed E-state index contributed by atoms with van der Waals surface area (Å²) in [6.07, 6.45) is 0. The Balaban J connectivity index is 2.40. The van der Waals surface area contributed by atoms with E-state index in [9.17, 15) is 0 Å². The van der Waals surface area contributed by atoms with Gasteiger partial charge in [0.1, 0.15) is 0 Å². The molecule has 0 aromatic rings. The van der Waals surface area contributed by atoms with E-state index in [1.165, 1.54) is 11.5 Å². The first-order chi connectivity index (χ1) is 4.00. The first-order valence-electron chi connectivity index (χ1n) is 3.47. The van der Waals surface area contributed by atoms with Crippen molar-refractivity contribution in [1.82, 2.24) is 0 Å². The van der Waals surface area contributed by atoms with Crippen molar-refractivity contribution in [2.24, 2.45) is 11.3 Å². The van der Waals surface area contributed by atoms with Crippen LogP contribution in [0.1, 0.15) is 20.8 Å². The van der Waals surface area contributed by atoms with Gasteiger partial charge in [-0.1, -0.05) is 26.6 Å². The molecule has 0 amide bonds. The van der Waals surface area contributed by atoms with Crippen molar-refractivity contribution in [1.29, 1.82) is 0 Å². The molecule has 9 heavy (non-hydrogen) atoms. The molecule has 0 unspecified atom stereocenters. The molecule has 1 aliphatic heterocycles. The van der Waals surface area contributed by atoms with E-state index in [0.29, 0.717) is 15.9 Å². The van der Waals surface area contributed by atoms with Gasteiger partial charge in [-0.3, -0.25) is 0 Å². The van der Waals surface area contributed by atoms with Crippen LogP contribution in [-0.2, 0) is 0 Å². The highest BCUT2D eigenvalue weighted by Gasteiger charge is 2.31. The lowest BCUT2D eigenvalue weighted by atomic mass is 9.83. The van der Waals surface area contributed by atoms with E-state index in [-0.39, 0.29) is 0 Å². The largest absolute Gasteiger partial charge is 0.192 e. The summed E-state index contributed by atoms with van der Waals surface area (Å²) < 4.78 is 0. The zero-order chi connectivity index (χ0) is 7.07. The Hall–Kier alpha value is 0.220. The topological polar surface area (TPSA) is 0 Å². The van der Waals surface area contributed by atoms with Crippen molar-refractivity contribution in [3.8, 4) is 0 Å². The minimum atomic E-state index is 0.531. The first-order valence-corrected chi connectivity index (χ1v) is 5.20. The summed E-state index contributed by atoms with van der Waals surface area (Å²) >= 11 is 0. The lowest BCUT2D eigenvalue weighted by Gasteiger charge is -2.39. The van der Waals surface area contributed by atoms with Crippen LogP contribution in [0.25, 0.3) is 0 Å². The van der Waals surface area contributed by atoms with Crippen LogP contribution in [0.3, 0.4) is 0 Å². The molecular weight excluding hydrogens is 128 g/mol. The van der Waals surface area contributed by atoms with Crippen molar-refractivity contribution < 1.29 is 0 Å². The summed E-state index contributed by atoms with van der Waals surface area (Å²) in [5, 5.41) is 0. The van der Waals surface area contributed by atoms with Crippen molar-refractivity contribution in [3.05, 3.63) is 0 Å². The molecule has 54 valence electrons. The summed E-state index contributed by atoms with van der Waals surface area (Å²) in [4.78, 5) is 0. The van der Waals surface area contributed by atoms with Gasteiger partial charge in [-0.25, -0.2) is 0 Å². The molecule has 0 radical (unpaired) electrons. The van der Waals surface area contributed by atoms with E-state index in [0.717, 1.165) is 5.92 Å². The highest BCUT2D eigenvalue weighted by atomic mass is 32.2. The summed E-state index contributed by atoms with van der Waals surface area (Å²) in [5.74, 6) is 7.75. The predicted molar refractivity (Wildman–Crippen MR) is 47.4 cm³/mol. The lowest BCUT2D eigenvalue weighted by Crippen LogP contribution is -2.33. The molecule has 0 aromatic heterocycles. The van der Waals surface area contributed by atoms with Crippen LogP contribution in [0.15, 0.2) is 0 Å². The highest BCUT2D eigenvalue weighted by Crippen LogP contribution is 2.41. The van der Waals surface area contributed by atoms with E-state index in [4.69, 9.17) is 0 Å². The molecule has 0 nitrogen and oxygen atoms in total. The van der Waals surface area contributed by atoms with E-state index >= 15 is 0 Å². The maximum atomic E-state index is 4.04. The summed E-state index contributed by atoms with van der Waals surface area (Å²) in [7, 11) is 0.531. The van der Waals surface area contributed by atoms with Gasteiger partial charge in [0.05, 0.1) is 0 Å². The lowest BCUT2D eigenvalue weighted by molar-refractivity contribution is 0.281. The van der Waals surface area contributed by atoms with Gasteiger partial charge in [0.15, 0.2) is 0 Å². The average molecular weight is 144 g/mol. The Morgan fingerprint density at radius 3 is 1.89 bits per heavy atom. The van der Waals surface area contributed by atoms with E-state index in [1.807, 2.05) is 0 Å². The first kappa shape index (κ1) is 7.33. The van der Waals surface area contributed by atoms with Gasteiger partial charge in [-0.2, -0.15) is 10.5 Å². The summed E-state index contributed by atoms with van der Waals surface area (Å²) in [6.45, 7) is 6.98. The van der Waals surface area contributed by atoms with Crippen LogP contribution in [0, 0.1) is 11.3 Å². The smallest absolute Gasteiger partial charge is 0.00815 e. The normalized spacial score (nSPS) is 35.9. The molecule has 0 saturated carbocycles. The maximum Gasteiger partial charge on any atom is -0.00815 e. The molecule has 1 rings (SSSR count). The molecule has 0 aromatic carbocycles. The van der Waals surface area contributed by atoms with Gasteiger partial charge in [0, 0.05) is 0 Å².